The Bertz CT molecular complexity index is 419. The third-order valence-corrected chi connectivity index (χ3v) is 4.14. The minimum Gasteiger partial charge on any atom is -0.370 e. The molecule has 0 saturated carbocycles. The lowest BCUT2D eigenvalue weighted by molar-refractivity contribution is 0.265. The number of aryl methyl sites for hydroxylation is 1. The van der Waals surface area contributed by atoms with Crippen molar-refractivity contribution in [2.75, 3.05) is 25.0 Å². The van der Waals surface area contributed by atoms with Crippen LogP contribution in [0.5, 0.6) is 0 Å². The van der Waals surface area contributed by atoms with Crippen LogP contribution in [0.15, 0.2) is 6.07 Å². The van der Waals surface area contributed by atoms with Crippen LogP contribution in [0.2, 0.25) is 0 Å². The second-order valence-corrected chi connectivity index (χ2v) is 5.82. The molecule has 0 spiro atoms. The van der Waals surface area contributed by atoms with Gasteiger partial charge < -0.3 is 5.32 Å². The van der Waals surface area contributed by atoms with E-state index in [0.29, 0.717) is 0 Å². The van der Waals surface area contributed by atoms with E-state index < -0.39 is 0 Å². The molecule has 0 aromatic carbocycles. The molecule has 1 aliphatic rings. The summed E-state index contributed by atoms with van der Waals surface area (Å²) in [4.78, 5) is 11.7. The van der Waals surface area contributed by atoms with Crippen molar-refractivity contribution >= 4 is 5.82 Å². The van der Waals surface area contributed by atoms with Gasteiger partial charge in [0.1, 0.15) is 11.6 Å². The van der Waals surface area contributed by atoms with Crippen molar-refractivity contribution < 1.29 is 0 Å². The van der Waals surface area contributed by atoms with Gasteiger partial charge in [-0.1, -0.05) is 13.3 Å². The average molecular weight is 276 g/mol. The Morgan fingerprint density at radius 2 is 2.10 bits per heavy atom. The summed E-state index contributed by atoms with van der Waals surface area (Å²) in [5.41, 5.74) is 1.05. The zero-order valence-corrected chi connectivity index (χ0v) is 13.2. The highest BCUT2D eigenvalue weighted by atomic mass is 15.2. The van der Waals surface area contributed by atoms with Gasteiger partial charge in [-0.05, 0) is 52.1 Å². The van der Waals surface area contributed by atoms with Crippen LogP contribution in [0, 0.1) is 12.8 Å². The zero-order valence-electron chi connectivity index (χ0n) is 13.2. The van der Waals surface area contributed by atoms with Gasteiger partial charge in [0.05, 0.1) is 6.54 Å². The zero-order chi connectivity index (χ0) is 14.4. The van der Waals surface area contributed by atoms with Crippen molar-refractivity contribution in [1.82, 2.24) is 14.9 Å². The average Bonchev–Trinajstić information content (AvgIpc) is 2.63. The third-order valence-electron chi connectivity index (χ3n) is 4.14. The number of nitrogens with one attached hydrogen (secondary N) is 1. The molecule has 20 heavy (non-hydrogen) atoms. The van der Waals surface area contributed by atoms with E-state index >= 15 is 0 Å². The number of likely N-dealkylation sites (tertiary alicyclic amines) is 1. The van der Waals surface area contributed by atoms with E-state index in [2.05, 4.69) is 34.0 Å². The first-order chi connectivity index (χ1) is 9.71. The van der Waals surface area contributed by atoms with Gasteiger partial charge in [0, 0.05) is 18.3 Å². The summed E-state index contributed by atoms with van der Waals surface area (Å²) in [6.45, 7) is 10.6. The monoisotopic (exact) mass is 276 g/mol. The van der Waals surface area contributed by atoms with Crippen molar-refractivity contribution in [3.8, 4) is 0 Å². The second kappa shape index (κ2) is 7.58. The lowest BCUT2D eigenvalue weighted by Crippen LogP contribution is -2.25. The summed E-state index contributed by atoms with van der Waals surface area (Å²) in [5.74, 6) is 2.82. The van der Waals surface area contributed by atoms with Gasteiger partial charge in [-0.25, -0.2) is 9.97 Å². The van der Waals surface area contributed by atoms with Gasteiger partial charge in [-0.2, -0.15) is 0 Å². The maximum Gasteiger partial charge on any atom is 0.144 e. The van der Waals surface area contributed by atoms with E-state index in [4.69, 9.17) is 0 Å². The summed E-state index contributed by atoms with van der Waals surface area (Å²) >= 11 is 0. The van der Waals surface area contributed by atoms with Crippen molar-refractivity contribution in [3.05, 3.63) is 17.6 Å². The van der Waals surface area contributed by atoms with E-state index in [-0.39, 0.29) is 0 Å². The predicted molar refractivity (Wildman–Crippen MR) is 83.8 cm³/mol. The van der Waals surface area contributed by atoms with E-state index in [1.165, 1.54) is 38.8 Å². The highest BCUT2D eigenvalue weighted by molar-refractivity contribution is 5.35. The van der Waals surface area contributed by atoms with Crippen molar-refractivity contribution in [3.63, 3.8) is 0 Å². The second-order valence-electron chi connectivity index (χ2n) is 5.82. The Labute approximate surface area is 123 Å². The molecule has 1 fully saturated rings. The Hall–Kier alpha value is -1.16. The van der Waals surface area contributed by atoms with Crippen molar-refractivity contribution in [2.45, 2.75) is 53.0 Å². The number of anilines is 1. The molecular weight excluding hydrogens is 248 g/mol. The largest absolute Gasteiger partial charge is 0.370 e. The number of hydrogen-bond donors (Lipinski definition) is 1. The first-order valence-corrected chi connectivity index (χ1v) is 8.02. The number of rotatable bonds is 5. The SMILES string of the molecule is CCNc1cc(C)nc(CN2CCCC(CC)CC2)n1. The van der Waals surface area contributed by atoms with Crippen LogP contribution in [-0.4, -0.2) is 34.5 Å². The Morgan fingerprint density at radius 3 is 2.85 bits per heavy atom. The Kier molecular flexibility index (Phi) is 5.77. The van der Waals surface area contributed by atoms with Gasteiger partial charge in [0.2, 0.25) is 0 Å². The quantitative estimate of drug-likeness (QED) is 0.896. The van der Waals surface area contributed by atoms with E-state index in [9.17, 15) is 0 Å². The molecule has 1 atom stereocenters. The van der Waals surface area contributed by atoms with Crippen LogP contribution in [-0.2, 0) is 6.54 Å². The molecule has 112 valence electrons. The van der Waals surface area contributed by atoms with Crippen LogP contribution < -0.4 is 5.32 Å². The first kappa shape index (κ1) is 15.2. The van der Waals surface area contributed by atoms with Gasteiger partial charge in [0.25, 0.3) is 0 Å². The molecule has 2 rings (SSSR count). The topological polar surface area (TPSA) is 41.1 Å². The molecule has 0 aliphatic carbocycles. The summed E-state index contributed by atoms with van der Waals surface area (Å²) in [5, 5.41) is 3.28. The lowest BCUT2D eigenvalue weighted by Gasteiger charge is -2.19. The van der Waals surface area contributed by atoms with Crippen LogP contribution in [0.1, 0.15) is 51.0 Å². The third kappa shape index (κ3) is 4.44. The molecule has 1 saturated heterocycles. The molecule has 1 aliphatic heterocycles. The molecule has 0 amide bonds. The first-order valence-electron chi connectivity index (χ1n) is 8.02. The van der Waals surface area contributed by atoms with Crippen LogP contribution in [0.4, 0.5) is 5.82 Å². The minimum atomic E-state index is 0.885. The van der Waals surface area contributed by atoms with Crippen LogP contribution in [0.3, 0.4) is 0 Å². The van der Waals surface area contributed by atoms with E-state index in [1.54, 1.807) is 0 Å². The molecule has 0 radical (unpaired) electrons. The summed E-state index contributed by atoms with van der Waals surface area (Å²) in [7, 11) is 0. The highest BCUT2D eigenvalue weighted by Gasteiger charge is 2.16. The van der Waals surface area contributed by atoms with Crippen LogP contribution in [0.25, 0.3) is 0 Å². The van der Waals surface area contributed by atoms with Crippen LogP contribution >= 0.6 is 0 Å². The molecular formula is C16H28N4. The maximum absolute atomic E-state index is 4.62. The summed E-state index contributed by atoms with van der Waals surface area (Å²) in [6.07, 6.45) is 5.33. The molecule has 1 unspecified atom stereocenters. The van der Waals surface area contributed by atoms with Gasteiger partial charge in [-0.3, -0.25) is 4.90 Å². The molecule has 0 bridgehead atoms. The molecule has 2 heterocycles. The fourth-order valence-corrected chi connectivity index (χ4v) is 2.96. The maximum atomic E-state index is 4.62. The van der Waals surface area contributed by atoms with Gasteiger partial charge >= 0.3 is 0 Å². The summed E-state index contributed by atoms with van der Waals surface area (Å²) in [6, 6.07) is 2.02. The van der Waals surface area contributed by atoms with E-state index in [0.717, 1.165) is 36.3 Å². The Morgan fingerprint density at radius 1 is 1.25 bits per heavy atom. The minimum absolute atomic E-state index is 0.885. The normalized spacial score (nSPS) is 20.6. The number of nitrogens with zero attached hydrogens (tertiary/aromatic N) is 3. The molecule has 1 N–H and O–H groups in total. The Balaban J connectivity index is 1.98. The number of hydrogen-bond acceptors (Lipinski definition) is 4. The van der Waals surface area contributed by atoms with E-state index in [1.807, 2.05) is 13.0 Å². The van der Waals surface area contributed by atoms with Gasteiger partial charge in [0.15, 0.2) is 0 Å². The molecule has 1 aromatic rings. The smallest absolute Gasteiger partial charge is 0.144 e. The van der Waals surface area contributed by atoms with Gasteiger partial charge in [-0.15, -0.1) is 0 Å². The molecule has 4 heteroatoms. The molecule has 1 aromatic heterocycles. The lowest BCUT2D eigenvalue weighted by atomic mass is 9.98. The molecule has 4 nitrogen and oxygen atoms in total. The highest BCUT2D eigenvalue weighted by Crippen LogP contribution is 2.21. The summed E-state index contributed by atoms with van der Waals surface area (Å²) < 4.78 is 0. The fraction of sp³-hybridized carbons (Fsp3) is 0.750. The fourth-order valence-electron chi connectivity index (χ4n) is 2.96. The van der Waals surface area contributed by atoms with Crippen molar-refractivity contribution in [1.29, 1.82) is 0 Å². The van der Waals surface area contributed by atoms with Crippen molar-refractivity contribution in [2.24, 2.45) is 5.92 Å². The predicted octanol–water partition coefficient (Wildman–Crippen LogP) is 3.23. The standard InChI is InChI=1S/C16H28N4/c1-4-14-7-6-9-20(10-8-14)12-16-18-13(3)11-15(19-16)17-5-2/h11,14H,4-10,12H2,1-3H3,(H,17,18,19). The number of aromatic nitrogens is 2.